The maximum Gasteiger partial charge on any atom is 0.224 e. The van der Waals surface area contributed by atoms with E-state index < -0.39 is 0 Å². The number of hydrogen-bond acceptors (Lipinski definition) is 1. The molecule has 4 heteroatoms. The van der Waals surface area contributed by atoms with Crippen LogP contribution in [0.5, 0.6) is 0 Å². The lowest BCUT2D eigenvalue weighted by Gasteiger charge is -2.07. The predicted molar refractivity (Wildman–Crippen MR) is 82.2 cm³/mol. The van der Waals surface area contributed by atoms with Crippen molar-refractivity contribution in [2.75, 3.05) is 5.32 Å². The molecule has 0 aromatic heterocycles. The summed E-state index contributed by atoms with van der Waals surface area (Å²) in [5.74, 6) is -0.423. The minimum Gasteiger partial charge on any atom is -0.325 e. The van der Waals surface area contributed by atoms with Crippen LogP contribution in [0.4, 0.5) is 10.1 Å². The van der Waals surface area contributed by atoms with Crippen molar-refractivity contribution in [3.8, 4) is 0 Å². The maximum atomic E-state index is 12.9. The summed E-state index contributed by atoms with van der Waals surface area (Å²) in [5, 5.41) is 2.77. The number of carbonyl (C=O) groups excluding carboxylic acids is 1. The summed E-state index contributed by atoms with van der Waals surface area (Å²) >= 11 is 3.23. The Kier molecular flexibility index (Phi) is 4.90. The fraction of sp³-hybridized carbons (Fsp3) is 0.188. The molecule has 0 aliphatic carbocycles. The first kappa shape index (κ1) is 14.7. The van der Waals surface area contributed by atoms with Crippen LogP contribution in [0.1, 0.15) is 17.5 Å². The van der Waals surface area contributed by atoms with Gasteiger partial charge in [-0.25, -0.2) is 4.39 Å². The van der Waals surface area contributed by atoms with E-state index in [1.54, 1.807) is 6.07 Å². The lowest BCUT2D eigenvalue weighted by molar-refractivity contribution is -0.116. The van der Waals surface area contributed by atoms with Crippen LogP contribution in [0.2, 0.25) is 0 Å². The molecule has 0 aliphatic rings. The van der Waals surface area contributed by atoms with Crippen molar-refractivity contribution in [3.05, 3.63) is 63.9 Å². The Labute approximate surface area is 126 Å². The summed E-state index contributed by atoms with van der Waals surface area (Å²) in [6, 6.07) is 12.3. The highest BCUT2D eigenvalue weighted by molar-refractivity contribution is 9.10. The molecule has 2 nitrogen and oxygen atoms in total. The molecule has 2 aromatic carbocycles. The van der Waals surface area contributed by atoms with Gasteiger partial charge in [0.15, 0.2) is 0 Å². The van der Waals surface area contributed by atoms with E-state index in [-0.39, 0.29) is 11.7 Å². The van der Waals surface area contributed by atoms with E-state index >= 15 is 0 Å². The number of hydrogen-bond donors (Lipinski definition) is 1. The van der Waals surface area contributed by atoms with Gasteiger partial charge < -0.3 is 5.32 Å². The standard InChI is InChI=1S/C16H15BrFNO/c1-11-3-2-4-12(9-11)5-8-16(20)19-15-7-6-13(18)10-14(15)17/h2-4,6-7,9-10H,5,8H2,1H3,(H,19,20). The van der Waals surface area contributed by atoms with Gasteiger partial charge in [-0.15, -0.1) is 0 Å². The Hall–Kier alpha value is -1.68. The molecule has 0 spiro atoms. The summed E-state index contributed by atoms with van der Waals surface area (Å²) < 4.78 is 13.5. The van der Waals surface area contributed by atoms with E-state index in [0.717, 1.165) is 5.56 Å². The first-order chi connectivity index (χ1) is 9.54. The summed E-state index contributed by atoms with van der Waals surface area (Å²) in [6.07, 6.45) is 1.08. The second-order valence-electron chi connectivity index (χ2n) is 4.66. The lowest BCUT2D eigenvalue weighted by Crippen LogP contribution is -2.12. The number of carbonyl (C=O) groups is 1. The number of rotatable bonds is 4. The van der Waals surface area contributed by atoms with E-state index in [2.05, 4.69) is 27.3 Å². The van der Waals surface area contributed by atoms with Gasteiger partial charge >= 0.3 is 0 Å². The zero-order chi connectivity index (χ0) is 14.5. The molecule has 2 aromatic rings. The van der Waals surface area contributed by atoms with Gasteiger partial charge in [0, 0.05) is 10.9 Å². The molecule has 1 amide bonds. The molecule has 0 radical (unpaired) electrons. The van der Waals surface area contributed by atoms with Crippen molar-refractivity contribution in [1.29, 1.82) is 0 Å². The highest BCUT2D eigenvalue weighted by atomic mass is 79.9. The van der Waals surface area contributed by atoms with Crippen LogP contribution >= 0.6 is 15.9 Å². The molecule has 104 valence electrons. The Bertz CT molecular complexity index is 628. The van der Waals surface area contributed by atoms with Gasteiger partial charge in [0.2, 0.25) is 5.91 Å². The number of aryl methyl sites for hydroxylation is 2. The van der Waals surface area contributed by atoms with Crippen molar-refractivity contribution in [3.63, 3.8) is 0 Å². The highest BCUT2D eigenvalue weighted by Gasteiger charge is 2.07. The lowest BCUT2D eigenvalue weighted by atomic mass is 10.1. The van der Waals surface area contributed by atoms with Gasteiger partial charge in [-0.3, -0.25) is 4.79 Å². The van der Waals surface area contributed by atoms with E-state index in [1.807, 2.05) is 25.1 Å². The summed E-state index contributed by atoms with van der Waals surface area (Å²) in [5.41, 5.74) is 2.91. The zero-order valence-electron chi connectivity index (χ0n) is 11.1. The Morgan fingerprint density at radius 1 is 1.25 bits per heavy atom. The SMILES string of the molecule is Cc1cccc(CCC(=O)Nc2ccc(F)cc2Br)c1. The molecule has 0 unspecified atom stereocenters. The highest BCUT2D eigenvalue weighted by Crippen LogP contribution is 2.23. The molecule has 0 saturated heterocycles. The minimum absolute atomic E-state index is 0.0844. The third-order valence-corrected chi connectivity index (χ3v) is 3.58. The van der Waals surface area contributed by atoms with Gasteiger partial charge in [-0.2, -0.15) is 0 Å². The predicted octanol–water partition coefficient (Wildman–Crippen LogP) is 4.47. The van der Waals surface area contributed by atoms with Gasteiger partial charge in [0.1, 0.15) is 5.82 Å². The summed E-state index contributed by atoms with van der Waals surface area (Å²) in [4.78, 5) is 11.9. The van der Waals surface area contributed by atoms with Crippen LogP contribution in [0.25, 0.3) is 0 Å². The number of benzene rings is 2. The molecular formula is C16H15BrFNO. The third kappa shape index (κ3) is 4.17. The second kappa shape index (κ2) is 6.66. The van der Waals surface area contributed by atoms with Crippen LogP contribution in [-0.2, 0) is 11.2 Å². The van der Waals surface area contributed by atoms with Crippen LogP contribution in [0.3, 0.4) is 0 Å². The van der Waals surface area contributed by atoms with Crippen LogP contribution in [0, 0.1) is 12.7 Å². The van der Waals surface area contributed by atoms with Gasteiger partial charge in [0.05, 0.1) is 5.69 Å². The molecule has 0 heterocycles. The Balaban J connectivity index is 1.92. The molecule has 0 atom stereocenters. The topological polar surface area (TPSA) is 29.1 Å². The normalized spacial score (nSPS) is 10.3. The first-order valence-corrected chi connectivity index (χ1v) is 7.14. The largest absolute Gasteiger partial charge is 0.325 e. The summed E-state index contributed by atoms with van der Waals surface area (Å²) in [6.45, 7) is 2.03. The van der Waals surface area contributed by atoms with Gasteiger partial charge in [0.25, 0.3) is 0 Å². The fourth-order valence-electron chi connectivity index (χ4n) is 1.93. The third-order valence-electron chi connectivity index (χ3n) is 2.93. The fourth-order valence-corrected chi connectivity index (χ4v) is 2.38. The molecular weight excluding hydrogens is 321 g/mol. The average molecular weight is 336 g/mol. The molecule has 0 saturated carbocycles. The van der Waals surface area contributed by atoms with Crippen LogP contribution in [0.15, 0.2) is 46.9 Å². The van der Waals surface area contributed by atoms with Crippen molar-refractivity contribution < 1.29 is 9.18 Å². The maximum absolute atomic E-state index is 12.9. The Morgan fingerprint density at radius 3 is 2.75 bits per heavy atom. The first-order valence-electron chi connectivity index (χ1n) is 6.35. The Morgan fingerprint density at radius 2 is 2.05 bits per heavy atom. The van der Waals surface area contributed by atoms with E-state index in [0.29, 0.717) is 23.0 Å². The van der Waals surface area contributed by atoms with E-state index in [1.165, 1.54) is 17.7 Å². The molecule has 20 heavy (non-hydrogen) atoms. The summed E-state index contributed by atoms with van der Waals surface area (Å²) in [7, 11) is 0. The number of halogens is 2. The monoisotopic (exact) mass is 335 g/mol. The number of anilines is 1. The molecule has 0 aliphatic heterocycles. The van der Waals surface area contributed by atoms with Crippen molar-refractivity contribution in [1.82, 2.24) is 0 Å². The number of amides is 1. The molecule has 1 N–H and O–H groups in total. The van der Waals surface area contributed by atoms with Crippen molar-refractivity contribution >= 4 is 27.5 Å². The zero-order valence-corrected chi connectivity index (χ0v) is 12.7. The van der Waals surface area contributed by atoms with Crippen LogP contribution in [-0.4, -0.2) is 5.91 Å². The van der Waals surface area contributed by atoms with E-state index in [9.17, 15) is 9.18 Å². The molecule has 2 rings (SSSR count). The second-order valence-corrected chi connectivity index (χ2v) is 5.52. The van der Waals surface area contributed by atoms with Crippen molar-refractivity contribution in [2.45, 2.75) is 19.8 Å². The molecule has 0 bridgehead atoms. The quantitative estimate of drug-likeness (QED) is 0.877. The molecule has 0 fully saturated rings. The smallest absolute Gasteiger partial charge is 0.224 e. The van der Waals surface area contributed by atoms with Gasteiger partial charge in [-0.05, 0) is 53.0 Å². The number of nitrogens with one attached hydrogen (secondary N) is 1. The average Bonchev–Trinajstić information content (AvgIpc) is 2.40. The van der Waals surface area contributed by atoms with E-state index in [4.69, 9.17) is 0 Å². The van der Waals surface area contributed by atoms with Gasteiger partial charge in [-0.1, -0.05) is 29.8 Å². The van der Waals surface area contributed by atoms with Crippen molar-refractivity contribution in [2.24, 2.45) is 0 Å². The minimum atomic E-state index is -0.338. The van der Waals surface area contributed by atoms with Crippen LogP contribution < -0.4 is 5.32 Å².